The molecule has 0 spiro atoms. The smallest absolute Gasteiger partial charge is 0.389 e. The zero-order valence-corrected chi connectivity index (χ0v) is 12.4. The van der Waals surface area contributed by atoms with Crippen LogP contribution in [-0.2, 0) is 17.3 Å². The first kappa shape index (κ1) is 15.8. The monoisotopic (exact) mass is 315 g/mol. The summed E-state index contributed by atoms with van der Waals surface area (Å²) >= 11 is 0. The molecule has 3 rings (SSSR count). The standard InChI is InChI=1S/C16H20F3NO2/c1-20-13-7-15(21,8-14(20)10-22-9-13)6-11-2-4-12(5-3-11)16(17,18)19/h2-5,13-14,21H,6-10H2,1H3. The number of fused-ring (bicyclic) bond motifs is 2. The lowest BCUT2D eigenvalue weighted by Crippen LogP contribution is -2.60. The Morgan fingerprint density at radius 2 is 1.73 bits per heavy atom. The van der Waals surface area contributed by atoms with Gasteiger partial charge in [0, 0.05) is 18.5 Å². The molecule has 0 saturated carbocycles. The molecular formula is C16H20F3NO2. The van der Waals surface area contributed by atoms with E-state index in [-0.39, 0.29) is 12.1 Å². The molecule has 2 atom stereocenters. The van der Waals surface area contributed by atoms with Gasteiger partial charge in [-0.1, -0.05) is 12.1 Å². The molecule has 2 heterocycles. The third-order valence-corrected chi connectivity index (χ3v) is 4.82. The molecule has 1 aromatic carbocycles. The van der Waals surface area contributed by atoms with Gasteiger partial charge in [-0.25, -0.2) is 0 Å². The highest BCUT2D eigenvalue weighted by Gasteiger charge is 2.44. The molecule has 1 aromatic rings. The predicted octanol–water partition coefficient (Wildman–Crippen LogP) is 2.47. The number of hydrogen-bond donors (Lipinski definition) is 1. The first-order valence-corrected chi connectivity index (χ1v) is 7.45. The largest absolute Gasteiger partial charge is 0.416 e. The zero-order chi connectivity index (χ0) is 16.0. The fraction of sp³-hybridized carbons (Fsp3) is 0.625. The SMILES string of the molecule is CN1C2COCC1CC(O)(Cc1ccc(C(F)(F)F)cc1)C2. The van der Waals surface area contributed by atoms with Crippen LogP contribution in [0.15, 0.2) is 24.3 Å². The minimum Gasteiger partial charge on any atom is -0.389 e. The zero-order valence-electron chi connectivity index (χ0n) is 12.4. The van der Waals surface area contributed by atoms with Crippen molar-refractivity contribution in [2.45, 2.75) is 43.1 Å². The van der Waals surface area contributed by atoms with Crippen molar-refractivity contribution >= 4 is 0 Å². The number of ether oxygens (including phenoxy) is 1. The molecule has 6 heteroatoms. The summed E-state index contributed by atoms with van der Waals surface area (Å²) in [6.07, 6.45) is -2.77. The third-order valence-electron chi connectivity index (χ3n) is 4.82. The molecule has 2 bridgehead atoms. The molecule has 122 valence electrons. The molecule has 2 fully saturated rings. The van der Waals surface area contributed by atoms with E-state index in [2.05, 4.69) is 4.90 Å². The third kappa shape index (κ3) is 3.14. The number of piperidine rings is 1. The van der Waals surface area contributed by atoms with Crippen LogP contribution in [-0.4, -0.2) is 48.0 Å². The van der Waals surface area contributed by atoms with Crippen molar-refractivity contribution in [3.8, 4) is 0 Å². The van der Waals surface area contributed by atoms with Gasteiger partial charge < -0.3 is 9.84 Å². The first-order valence-electron chi connectivity index (χ1n) is 7.45. The lowest BCUT2D eigenvalue weighted by atomic mass is 9.78. The topological polar surface area (TPSA) is 32.7 Å². The lowest BCUT2D eigenvalue weighted by molar-refractivity contribution is -0.137. The second-order valence-corrected chi connectivity index (χ2v) is 6.51. The van der Waals surface area contributed by atoms with Gasteiger partial charge in [-0.05, 0) is 37.6 Å². The minimum absolute atomic E-state index is 0.173. The Hall–Kier alpha value is -1.11. The summed E-state index contributed by atoms with van der Waals surface area (Å²) in [6.45, 7) is 1.20. The van der Waals surface area contributed by atoms with E-state index in [9.17, 15) is 18.3 Å². The number of alkyl halides is 3. The maximum absolute atomic E-state index is 12.6. The molecule has 2 aliphatic rings. The Morgan fingerprint density at radius 1 is 1.18 bits per heavy atom. The highest BCUT2D eigenvalue weighted by Crippen LogP contribution is 2.36. The first-order chi connectivity index (χ1) is 10.3. The summed E-state index contributed by atoms with van der Waals surface area (Å²) in [5.41, 5.74) is -0.790. The number of likely N-dealkylation sites (N-methyl/N-ethyl adjacent to an activating group) is 1. The predicted molar refractivity (Wildman–Crippen MR) is 75.5 cm³/mol. The van der Waals surface area contributed by atoms with Crippen LogP contribution in [0.5, 0.6) is 0 Å². The summed E-state index contributed by atoms with van der Waals surface area (Å²) in [5.74, 6) is 0. The number of aliphatic hydroxyl groups is 1. The molecule has 0 radical (unpaired) electrons. The normalized spacial score (nSPS) is 33.0. The van der Waals surface area contributed by atoms with Crippen LogP contribution in [0.1, 0.15) is 24.0 Å². The maximum Gasteiger partial charge on any atom is 0.416 e. The highest BCUT2D eigenvalue weighted by atomic mass is 19.4. The summed E-state index contributed by atoms with van der Waals surface area (Å²) in [5, 5.41) is 10.9. The second kappa shape index (κ2) is 5.51. The van der Waals surface area contributed by atoms with E-state index >= 15 is 0 Å². The number of hydrogen-bond acceptors (Lipinski definition) is 3. The van der Waals surface area contributed by atoms with Crippen molar-refractivity contribution in [1.29, 1.82) is 0 Å². The van der Waals surface area contributed by atoms with E-state index in [4.69, 9.17) is 4.74 Å². The number of rotatable bonds is 2. The van der Waals surface area contributed by atoms with Crippen LogP contribution in [0.4, 0.5) is 13.2 Å². The number of benzene rings is 1. The van der Waals surface area contributed by atoms with Crippen LogP contribution >= 0.6 is 0 Å². The van der Waals surface area contributed by atoms with E-state index in [1.165, 1.54) is 12.1 Å². The van der Waals surface area contributed by atoms with Crippen molar-refractivity contribution in [2.75, 3.05) is 20.3 Å². The molecule has 0 amide bonds. The van der Waals surface area contributed by atoms with Gasteiger partial charge in [0.05, 0.1) is 24.4 Å². The van der Waals surface area contributed by atoms with E-state index in [1.807, 2.05) is 7.05 Å². The maximum atomic E-state index is 12.6. The van der Waals surface area contributed by atoms with Gasteiger partial charge in [-0.3, -0.25) is 4.90 Å². The molecular weight excluding hydrogens is 295 g/mol. The molecule has 22 heavy (non-hydrogen) atoms. The lowest BCUT2D eigenvalue weighted by Gasteiger charge is -2.50. The van der Waals surface area contributed by atoms with E-state index in [0.29, 0.717) is 32.5 Å². The molecule has 2 saturated heterocycles. The van der Waals surface area contributed by atoms with E-state index in [0.717, 1.165) is 17.7 Å². The minimum atomic E-state index is -4.32. The van der Waals surface area contributed by atoms with Crippen LogP contribution in [0, 0.1) is 0 Å². The second-order valence-electron chi connectivity index (χ2n) is 6.51. The molecule has 0 aliphatic carbocycles. The van der Waals surface area contributed by atoms with Crippen molar-refractivity contribution in [1.82, 2.24) is 4.90 Å². The molecule has 1 N–H and O–H groups in total. The van der Waals surface area contributed by atoms with Crippen molar-refractivity contribution in [3.05, 3.63) is 35.4 Å². The fourth-order valence-corrected chi connectivity index (χ4v) is 3.58. The number of nitrogens with zero attached hydrogens (tertiary/aromatic N) is 1. The molecule has 0 aromatic heterocycles. The summed E-state index contributed by atoms with van der Waals surface area (Å²) in [6, 6.07) is 5.44. The number of halogens is 3. The van der Waals surface area contributed by atoms with Gasteiger partial charge in [0.15, 0.2) is 0 Å². The van der Waals surface area contributed by atoms with Crippen molar-refractivity contribution < 1.29 is 23.0 Å². The van der Waals surface area contributed by atoms with Gasteiger partial charge in [-0.15, -0.1) is 0 Å². The van der Waals surface area contributed by atoms with Crippen LogP contribution in [0.25, 0.3) is 0 Å². The molecule has 2 unspecified atom stereocenters. The molecule has 3 nitrogen and oxygen atoms in total. The Balaban J connectivity index is 1.72. The van der Waals surface area contributed by atoms with E-state index < -0.39 is 17.3 Å². The Morgan fingerprint density at radius 3 is 2.23 bits per heavy atom. The summed E-state index contributed by atoms with van der Waals surface area (Å²) < 4.78 is 43.3. The average molecular weight is 315 g/mol. The van der Waals surface area contributed by atoms with Gasteiger partial charge in [0.1, 0.15) is 0 Å². The van der Waals surface area contributed by atoms with Crippen molar-refractivity contribution in [3.63, 3.8) is 0 Å². The Kier molecular flexibility index (Phi) is 3.95. The highest BCUT2D eigenvalue weighted by molar-refractivity contribution is 5.26. The quantitative estimate of drug-likeness (QED) is 0.910. The van der Waals surface area contributed by atoms with Crippen LogP contribution in [0.2, 0.25) is 0 Å². The molecule has 2 aliphatic heterocycles. The average Bonchev–Trinajstić information content (AvgIpc) is 2.40. The fourth-order valence-electron chi connectivity index (χ4n) is 3.58. The van der Waals surface area contributed by atoms with Crippen LogP contribution < -0.4 is 0 Å². The summed E-state index contributed by atoms with van der Waals surface area (Å²) in [7, 11) is 2.04. The van der Waals surface area contributed by atoms with Gasteiger partial charge in [-0.2, -0.15) is 13.2 Å². The van der Waals surface area contributed by atoms with Crippen LogP contribution in [0.3, 0.4) is 0 Å². The van der Waals surface area contributed by atoms with Gasteiger partial charge in [0.2, 0.25) is 0 Å². The summed E-state index contributed by atoms with van der Waals surface area (Å²) in [4.78, 5) is 2.24. The van der Waals surface area contributed by atoms with Gasteiger partial charge >= 0.3 is 6.18 Å². The Labute approximate surface area is 127 Å². The Bertz CT molecular complexity index is 515. The van der Waals surface area contributed by atoms with Gasteiger partial charge in [0.25, 0.3) is 0 Å². The number of morpholine rings is 1. The van der Waals surface area contributed by atoms with E-state index in [1.54, 1.807) is 0 Å². The van der Waals surface area contributed by atoms with Crippen molar-refractivity contribution in [2.24, 2.45) is 0 Å².